The number of imide groups is 1. The summed E-state index contributed by atoms with van der Waals surface area (Å²) in [6.45, 7) is 7.36. The number of carbonyl (C=O) groups is 4. The zero-order valence-corrected chi connectivity index (χ0v) is 25.9. The van der Waals surface area contributed by atoms with Gasteiger partial charge in [-0.1, -0.05) is 6.07 Å². The lowest BCUT2D eigenvalue weighted by molar-refractivity contribution is -0.137. The number of hydrogen-bond acceptors (Lipinski definition) is 9. The Kier molecular flexibility index (Phi) is 7.50. The zero-order valence-electron chi connectivity index (χ0n) is 25.9. The fourth-order valence-corrected chi connectivity index (χ4v) is 7.76. The average molecular weight is 616 g/mol. The van der Waals surface area contributed by atoms with Gasteiger partial charge in [-0.15, -0.1) is 0 Å². The Morgan fingerprint density at radius 3 is 2.49 bits per heavy atom. The molecule has 5 aliphatic rings. The summed E-state index contributed by atoms with van der Waals surface area (Å²) < 4.78 is 6.39. The van der Waals surface area contributed by atoms with E-state index in [4.69, 9.17) is 10.5 Å². The Balaban J connectivity index is 0.931. The maximum absolute atomic E-state index is 13.6. The van der Waals surface area contributed by atoms with Crippen molar-refractivity contribution in [3.63, 3.8) is 0 Å². The minimum absolute atomic E-state index is 0.0933. The second kappa shape index (κ2) is 11.4. The molecular formula is C33H41N7O5. The standard InChI is InChI=1S/C33H41N7O5/c1-19(2)39(18-20-7-11-38(12-8-20)28-17-35-26(16-36-28)30(34)42)21-13-23(14-21)45-22-3-4-25-24(15-22)32(44)40(33(25)9-10-33)27-5-6-29(41)37-31(27)43/h3-4,15-17,19-21,23,27H,5-14,18H2,1-2H3,(H2,34,42)(H,37,41,43)/t21-,23-,27?. The van der Waals surface area contributed by atoms with Gasteiger partial charge >= 0.3 is 0 Å². The second-order valence-corrected chi connectivity index (χ2v) is 13.6. The van der Waals surface area contributed by atoms with Crippen LogP contribution in [-0.2, 0) is 15.1 Å². The molecule has 0 bridgehead atoms. The Morgan fingerprint density at radius 1 is 1.11 bits per heavy atom. The van der Waals surface area contributed by atoms with Gasteiger partial charge in [0.2, 0.25) is 11.8 Å². The van der Waals surface area contributed by atoms with E-state index in [2.05, 4.69) is 38.9 Å². The lowest BCUT2D eigenvalue weighted by atomic mass is 9.85. The summed E-state index contributed by atoms with van der Waals surface area (Å²) in [6, 6.07) is 6.09. The first kappa shape index (κ1) is 29.6. The molecule has 3 aliphatic heterocycles. The van der Waals surface area contributed by atoms with Crippen LogP contribution in [0.1, 0.15) is 91.6 Å². The molecule has 2 aliphatic carbocycles. The third-order valence-electron chi connectivity index (χ3n) is 10.5. The Morgan fingerprint density at radius 2 is 1.87 bits per heavy atom. The first-order valence-corrected chi connectivity index (χ1v) is 16.2. The summed E-state index contributed by atoms with van der Waals surface area (Å²) in [6.07, 6.45) is 9.45. The predicted molar refractivity (Wildman–Crippen MR) is 164 cm³/mol. The number of nitrogens with zero attached hydrogens (tertiary/aromatic N) is 5. The molecule has 1 aromatic carbocycles. The second-order valence-electron chi connectivity index (χ2n) is 13.6. The van der Waals surface area contributed by atoms with Crippen molar-refractivity contribution in [1.29, 1.82) is 0 Å². The van der Waals surface area contributed by atoms with Crippen LogP contribution in [0.5, 0.6) is 5.75 Å². The van der Waals surface area contributed by atoms with Crippen molar-refractivity contribution in [3.8, 4) is 5.75 Å². The van der Waals surface area contributed by atoms with Crippen LogP contribution in [0.15, 0.2) is 30.6 Å². The number of aromatic nitrogens is 2. The van der Waals surface area contributed by atoms with Gasteiger partial charge < -0.3 is 20.3 Å². The van der Waals surface area contributed by atoms with Crippen molar-refractivity contribution in [2.45, 2.75) is 95.0 Å². The Hall–Kier alpha value is -4.06. The molecule has 45 heavy (non-hydrogen) atoms. The van der Waals surface area contributed by atoms with Crippen molar-refractivity contribution < 1.29 is 23.9 Å². The molecule has 1 aromatic heterocycles. The molecular weight excluding hydrogens is 574 g/mol. The van der Waals surface area contributed by atoms with Crippen LogP contribution in [0.25, 0.3) is 0 Å². The lowest BCUT2D eigenvalue weighted by Crippen LogP contribution is -2.55. The van der Waals surface area contributed by atoms with Crippen LogP contribution in [0, 0.1) is 5.92 Å². The van der Waals surface area contributed by atoms with Crippen molar-refractivity contribution in [2.75, 3.05) is 24.5 Å². The van der Waals surface area contributed by atoms with E-state index in [0.29, 0.717) is 35.7 Å². The van der Waals surface area contributed by atoms with Gasteiger partial charge in [-0.2, -0.15) is 0 Å². The van der Waals surface area contributed by atoms with Gasteiger partial charge in [0.15, 0.2) is 0 Å². The van der Waals surface area contributed by atoms with E-state index in [1.807, 2.05) is 18.2 Å². The van der Waals surface area contributed by atoms with Gasteiger partial charge in [0.1, 0.15) is 29.4 Å². The average Bonchev–Trinajstić information content (AvgIpc) is 3.76. The summed E-state index contributed by atoms with van der Waals surface area (Å²) in [5, 5.41) is 2.41. The molecule has 1 atom stereocenters. The molecule has 7 rings (SSSR count). The van der Waals surface area contributed by atoms with Crippen molar-refractivity contribution in [1.82, 2.24) is 25.1 Å². The molecule has 3 N–H and O–H groups in total. The first-order chi connectivity index (χ1) is 21.6. The van der Waals surface area contributed by atoms with Crippen molar-refractivity contribution in [2.24, 2.45) is 11.7 Å². The van der Waals surface area contributed by atoms with Crippen molar-refractivity contribution >= 4 is 29.4 Å². The molecule has 12 nitrogen and oxygen atoms in total. The molecule has 2 saturated carbocycles. The van der Waals surface area contributed by atoms with E-state index in [-0.39, 0.29) is 35.9 Å². The number of fused-ring (bicyclic) bond motifs is 2. The maximum Gasteiger partial charge on any atom is 0.268 e. The molecule has 2 aromatic rings. The predicted octanol–water partition coefficient (Wildman–Crippen LogP) is 2.36. The number of hydrogen-bond donors (Lipinski definition) is 2. The number of anilines is 1. The van der Waals surface area contributed by atoms with Gasteiger partial charge in [-0.25, -0.2) is 9.97 Å². The number of primary amides is 1. The number of ether oxygens (including phenoxy) is 1. The summed E-state index contributed by atoms with van der Waals surface area (Å²) in [7, 11) is 0. The van der Waals surface area contributed by atoms with Crippen LogP contribution in [0.3, 0.4) is 0 Å². The van der Waals surface area contributed by atoms with Gasteiger partial charge in [-0.05, 0) is 69.6 Å². The van der Waals surface area contributed by atoms with Gasteiger partial charge in [0.25, 0.3) is 11.8 Å². The van der Waals surface area contributed by atoms with Crippen LogP contribution >= 0.6 is 0 Å². The van der Waals surface area contributed by atoms with Crippen LogP contribution in [-0.4, -0.2) is 87.3 Å². The number of rotatable bonds is 9. The molecule has 2 saturated heterocycles. The Bertz CT molecular complexity index is 1510. The molecule has 238 valence electrons. The van der Waals surface area contributed by atoms with E-state index < -0.39 is 17.5 Å². The fourth-order valence-electron chi connectivity index (χ4n) is 7.76. The summed E-state index contributed by atoms with van der Waals surface area (Å²) >= 11 is 0. The largest absolute Gasteiger partial charge is 0.490 e. The topological polar surface area (TPSA) is 151 Å². The molecule has 1 unspecified atom stereocenters. The van der Waals surface area contributed by atoms with Crippen molar-refractivity contribution in [3.05, 3.63) is 47.4 Å². The molecule has 0 radical (unpaired) electrons. The molecule has 12 heteroatoms. The minimum Gasteiger partial charge on any atom is -0.490 e. The molecule has 4 heterocycles. The number of piperidine rings is 2. The highest BCUT2D eigenvalue weighted by Crippen LogP contribution is 2.58. The smallest absolute Gasteiger partial charge is 0.268 e. The van der Waals surface area contributed by atoms with E-state index in [0.717, 1.165) is 69.5 Å². The van der Waals surface area contributed by atoms with E-state index in [9.17, 15) is 19.2 Å². The highest BCUT2D eigenvalue weighted by Gasteiger charge is 2.61. The minimum atomic E-state index is -0.611. The first-order valence-electron chi connectivity index (χ1n) is 16.2. The summed E-state index contributed by atoms with van der Waals surface area (Å²) in [5.74, 6) is 0.706. The molecule has 4 fully saturated rings. The zero-order chi connectivity index (χ0) is 31.5. The van der Waals surface area contributed by atoms with Crippen LogP contribution < -0.4 is 20.7 Å². The number of benzene rings is 1. The number of carbonyl (C=O) groups excluding carboxylic acids is 4. The van der Waals surface area contributed by atoms with Gasteiger partial charge in [-0.3, -0.25) is 29.4 Å². The highest BCUT2D eigenvalue weighted by atomic mass is 16.5. The maximum atomic E-state index is 13.6. The van der Waals surface area contributed by atoms with E-state index >= 15 is 0 Å². The summed E-state index contributed by atoms with van der Waals surface area (Å²) in [5.41, 5.74) is 6.64. The summed E-state index contributed by atoms with van der Waals surface area (Å²) in [4.78, 5) is 64.4. The number of nitrogens with two attached hydrogens (primary N) is 1. The normalized spacial score (nSPS) is 25.9. The third-order valence-corrected chi connectivity index (χ3v) is 10.5. The van der Waals surface area contributed by atoms with E-state index in [1.54, 1.807) is 11.1 Å². The van der Waals surface area contributed by atoms with E-state index in [1.165, 1.54) is 6.20 Å². The highest BCUT2D eigenvalue weighted by molar-refractivity contribution is 6.07. The fraction of sp³-hybridized carbons (Fsp3) is 0.576. The monoisotopic (exact) mass is 615 g/mol. The number of nitrogens with one attached hydrogen (secondary N) is 1. The SMILES string of the molecule is CC(C)N(CC1CCN(c2cnc(C(N)=O)cn2)CC1)[C@H]1C[C@H](Oc2ccc3c(c2)C(=O)N(C2CCC(=O)NC2=O)C32CC2)C1. The van der Waals surface area contributed by atoms with Crippen LogP contribution in [0.4, 0.5) is 5.82 Å². The quantitative estimate of drug-likeness (QED) is 0.405. The van der Waals surface area contributed by atoms with Gasteiger partial charge in [0, 0.05) is 56.5 Å². The Labute approximate surface area is 262 Å². The third kappa shape index (κ3) is 5.43. The number of amides is 4. The van der Waals surface area contributed by atoms with Crippen LogP contribution in [0.2, 0.25) is 0 Å². The molecule has 4 amide bonds. The molecule has 1 spiro atoms. The van der Waals surface area contributed by atoms with Gasteiger partial charge in [0.05, 0.1) is 17.9 Å². The lowest BCUT2D eigenvalue weighted by Gasteiger charge is -2.46.